The summed E-state index contributed by atoms with van der Waals surface area (Å²) >= 11 is 0. The van der Waals surface area contributed by atoms with Gasteiger partial charge in [0.05, 0.1) is 17.1 Å². The summed E-state index contributed by atoms with van der Waals surface area (Å²) in [5.74, 6) is 0.156. The number of aliphatic hydroxyl groups excluding tert-OH is 2. The molecule has 6 heteroatoms. The summed E-state index contributed by atoms with van der Waals surface area (Å²) in [5, 5.41) is 32.9. The van der Waals surface area contributed by atoms with E-state index in [1.165, 1.54) is 24.3 Å². The highest BCUT2D eigenvalue weighted by atomic mass is 16.6. The van der Waals surface area contributed by atoms with Gasteiger partial charge in [0.15, 0.2) is 0 Å². The van der Waals surface area contributed by atoms with E-state index in [0.29, 0.717) is 18.7 Å². The maximum absolute atomic E-state index is 10.5. The minimum atomic E-state index is -0.750. The second kappa shape index (κ2) is 7.18. The molecule has 0 saturated carbocycles. The summed E-state index contributed by atoms with van der Waals surface area (Å²) < 4.78 is 0. The molecule has 2 unspecified atom stereocenters. The van der Waals surface area contributed by atoms with Crippen LogP contribution in [-0.2, 0) is 0 Å². The first-order valence-corrected chi connectivity index (χ1v) is 6.23. The van der Waals surface area contributed by atoms with Gasteiger partial charge in [0.2, 0.25) is 0 Å². The Morgan fingerprint density at radius 1 is 1.21 bits per heavy atom. The fraction of sp³-hybridized carbons (Fsp3) is 0.538. The average molecular weight is 268 g/mol. The number of nitrogens with one attached hydrogen (secondary N) is 1. The molecular formula is C13H20N2O4. The maximum Gasteiger partial charge on any atom is 0.269 e. The highest BCUT2D eigenvalue weighted by Crippen LogP contribution is 2.17. The first-order valence-electron chi connectivity index (χ1n) is 6.23. The van der Waals surface area contributed by atoms with Gasteiger partial charge < -0.3 is 15.5 Å². The number of hydrogen-bond acceptors (Lipinski definition) is 5. The molecule has 3 N–H and O–H groups in total. The molecular weight excluding hydrogens is 248 g/mol. The molecule has 2 atom stereocenters. The molecule has 1 aromatic carbocycles. The standard InChI is InChI=1S/C13H20N2O4/c1-9(2)12(16)7-14-8-13(17)10-3-5-11(6-4-10)15(18)19/h3-6,9,12-14,16-17H,7-8H2,1-2H3. The van der Waals surface area contributed by atoms with Crippen molar-refractivity contribution in [2.24, 2.45) is 5.92 Å². The molecule has 106 valence electrons. The molecule has 0 aliphatic heterocycles. The van der Waals surface area contributed by atoms with Crippen LogP contribution in [-0.4, -0.2) is 34.3 Å². The molecule has 6 nitrogen and oxygen atoms in total. The topological polar surface area (TPSA) is 95.6 Å². The van der Waals surface area contributed by atoms with Gasteiger partial charge in [0.25, 0.3) is 5.69 Å². The van der Waals surface area contributed by atoms with Crippen molar-refractivity contribution in [3.8, 4) is 0 Å². The Morgan fingerprint density at radius 3 is 2.26 bits per heavy atom. The normalized spacial score (nSPS) is 14.4. The molecule has 0 amide bonds. The Balaban J connectivity index is 2.45. The summed E-state index contributed by atoms with van der Waals surface area (Å²) in [6, 6.07) is 5.79. The zero-order chi connectivity index (χ0) is 14.4. The fourth-order valence-electron chi connectivity index (χ4n) is 1.54. The number of non-ortho nitro benzene ring substituents is 1. The Hall–Kier alpha value is -1.50. The van der Waals surface area contributed by atoms with Gasteiger partial charge in [-0.1, -0.05) is 13.8 Å². The van der Waals surface area contributed by atoms with Crippen LogP contribution in [0.15, 0.2) is 24.3 Å². The lowest BCUT2D eigenvalue weighted by atomic mass is 10.1. The van der Waals surface area contributed by atoms with E-state index >= 15 is 0 Å². The van der Waals surface area contributed by atoms with Crippen LogP contribution in [0.4, 0.5) is 5.69 Å². The Bertz CT molecular complexity index is 406. The average Bonchev–Trinajstić information content (AvgIpc) is 2.38. The minimum Gasteiger partial charge on any atom is -0.392 e. The molecule has 0 fully saturated rings. The molecule has 0 spiro atoms. The van der Waals surface area contributed by atoms with E-state index in [2.05, 4.69) is 5.32 Å². The molecule has 0 aromatic heterocycles. The Morgan fingerprint density at radius 2 is 1.79 bits per heavy atom. The van der Waals surface area contributed by atoms with E-state index < -0.39 is 17.1 Å². The van der Waals surface area contributed by atoms with Crippen molar-refractivity contribution in [1.29, 1.82) is 0 Å². The van der Waals surface area contributed by atoms with Gasteiger partial charge in [0, 0.05) is 25.2 Å². The molecule has 0 radical (unpaired) electrons. The number of nitrogens with zero attached hydrogens (tertiary/aromatic N) is 1. The third-order valence-corrected chi connectivity index (χ3v) is 2.95. The van der Waals surface area contributed by atoms with E-state index in [4.69, 9.17) is 0 Å². The van der Waals surface area contributed by atoms with Crippen LogP contribution in [0, 0.1) is 16.0 Å². The predicted molar refractivity (Wildman–Crippen MR) is 71.8 cm³/mol. The summed E-state index contributed by atoms with van der Waals surface area (Å²) in [4.78, 5) is 10.0. The van der Waals surface area contributed by atoms with Crippen molar-refractivity contribution in [2.75, 3.05) is 13.1 Å². The summed E-state index contributed by atoms with van der Waals surface area (Å²) in [6.45, 7) is 4.53. The van der Waals surface area contributed by atoms with E-state index in [1.54, 1.807) is 0 Å². The molecule has 1 aromatic rings. The van der Waals surface area contributed by atoms with Crippen LogP contribution >= 0.6 is 0 Å². The highest BCUT2D eigenvalue weighted by molar-refractivity contribution is 5.33. The molecule has 1 rings (SSSR count). The Labute approximate surface area is 112 Å². The summed E-state index contributed by atoms with van der Waals surface area (Å²) in [6.07, 6.45) is -1.20. The van der Waals surface area contributed by atoms with Crippen molar-refractivity contribution in [3.63, 3.8) is 0 Å². The van der Waals surface area contributed by atoms with Crippen molar-refractivity contribution in [2.45, 2.75) is 26.1 Å². The van der Waals surface area contributed by atoms with Crippen LogP contribution in [0.25, 0.3) is 0 Å². The van der Waals surface area contributed by atoms with E-state index in [1.807, 2.05) is 13.8 Å². The van der Waals surface area contributed by atoms with Gasteiger partial charge >= 0.3 is 0 Å². The number of nitro benzene ring substituents is 1. The third-order valence-electron chi connectivity index (χ3n) is 2.95. The van der Waals surface area contributed by atoms with Crippen LogP contribution in [0.1, 0.15) is 25.5 Å². The number of nitro groups is 1. The lowest BCUT2D eigenvalue weighted by Gasteiger charge is -2.17. The number of benzene rings is 1. The molecule has 0 bridgehead atoms. The smallest absolute Gasteiger partial charge is 0.269 e. The second-order valence-electron chi connectivity index (χ2n) is 4.83. The number of rotatable bonds is 7. The first kappa shape index (κ1) is 15.6. The van der Waals surface area contributed by atoms with Crippen molar-refractivity contribution < 1.29 is 15.1 Å². The lowest BCUT2D eigenvalue weighted by Crippen LogP contribution is -2.33. The monoisotopic (exact) mass is 268 g/mol. The van der Waals surface area contributed by atoms with Gasteiger partial charge in [-0.3, -0.25) is 10.1 Å². The van der Waals surface area contributed by atoms with E-state index in [9.17, 15) is 20.3 Å². The van der Waals surface area contributed by atoms with E-state index in [-0.39, 0.29) is 11.6 Å². The molecule has 19 heavy (non-hydrogen) atoms. The number of hydrogen-bond donors (Lipinski definition) is 3. The Kier molecular flexibility index (Phi) is 5.88. The van der Waals surface area contributed by atoms with Gasteiger partial charge in [-0.15, -0.1) is 0 Å². The molecule has 0 aliphatic rings. The van der Waals surface area contributed by atoms with Gasteiger partial charge in [-0.25, -0.2) is 0 Å². The van der Waals surface area contributed by atoms with Crippen LogP contribution in [0.2, 0.25) is 0 Å². The second-order valence-corrected chi connectivity index (χ2v) is 4.83. The van der Waals surface area contributed by atoms with Crippen molar-refractivity contribution in [1.82, 2.24) is 5.32 Å². The van der Waals surface area contributed by atoms with Gasteiger partial charge in [0.1, 0.15) is 0 Å². The number of aliphatic hydroxyl groups is 2. The SMILES string of the molecule is CC(C)C(O)CNCC(O)c1ccc([N+](=O)[O-])cc1. The van der Waals surface area contributed by atoms with Crippen LogP contribution in [0.3, 0.4) is 0 Å². The fourth-order valence-corrected chi connectivity index (χ4v) is 1.54. The highest BCUT2D eigenvalue weighted by Gasteiger charge is 2.12. The van der Waals surface area contributed by atoms with Crippen LogP contribution in [0.5, 0.6) is 0 Å². The van der Waals surface area contributed by atoms with E-state index in [0.717, 1.165) is 0 Å². The van der Waals surface area contributed by atoms with Gasteiger partial charge in [-0.05, 0) is 23.6 Å². The summed E-state index contributed by atoms with van der Waals surface area (Å²) in [5.41, 5.74) is 0.608. The first-order chi connectivity index (χ1) is 8.91. The zero-order valence-corrected chi connectivity index (χ0v) is 11.1. The van der Waals surface area contributed by atoms with Gasteiger partial charge in [-0.2, -0.15) is 0 Å². The van der Waals surface area contributed by atoms with Crippen LogP contribution < -0.4 is 5.32 Å². The minimum absolute atomic E-state index is 0.000797. The van der Waals surface area contributed by atoms with Crippen molar-refractivity contribution in [3.05, 3.63) is 39.9 Å². The quantitative estimate of drug-likeness (QED) is 0.510. The third kappa shape index (κ3) is 4.94. The zero-order valence-electron chi connectivity index (χ0n) is 11.1. The largest absolute Gasteiger partial charge is 0.392 e. The molecule has 0 saturated heterocycles. The molecule has 0 heterocycles. The lowest BCUT2D eigenvalue weighted by molar-refractivity contribution is -0.384. The predicted octanol–water partition coefficient (Wildman–Crippen LogP) is 1.23. The summed E-state index contributed by atoms with van der Waals surface area (Å²) in [7, 11) is 0. The molecule has 0 aliphatic carbocycles. The maximum atomic E-state index is 10.5. The van der Waals surface area contributed by atoms with Crippen molar-refractivity contribution >= 4 is 5.69 Å².